The summed E-state index contributed by atoms with van der Waals surface area (Å²) in [4.78, 5) is 14.2. The van der Waals surface area contributed by atoms with Gasteiger partial charge in [-0.25, -0.2) is 0 Å². The van der Waals surface area contributed by atoms with Gasteiger partial charge in [0.25, 0.3) is 0 Å². The van der Waals surface area contributed by atoms with Gasteiger partial charge in [0.2, 0.25) is 5.91 Å². The fraction of sp³-hybridized carbons (Fsp3) is 0.933. The van der Waals surface area contributed by atoms with E-state index < -0.39 is 0 Å². The van der Waals surface area contributed by atoms with Crippen molar-refractivity contribution in [2.75, 3.05) is 19.6 Å². The van der Waals surface area contributed by atoms with E-state index in [0.29, 0.717) is 36.1 Å². The lowest BCUT2D eigenvalue weighted by Gasteiger charge is -2.37. The monoisotopic (exact) mass is 254 g/mol. The molecular formula is C15H30N2O. The zero-order chi connectivity index (χ0) is 13.7. The van der Waals surface area contributed by atoms with Gasteiger partial charge < -0.3 is 10.2 Å². The molecule has 1 rings (SSSR count). The summed E-state index contributed by atoms with van der Waals surface area (Å²) in [5.74, 6) is 2.06. The van der Waals surface area contributed by atoms with Crippen LogP contribution >= 0.6 is 0 Å². The van der Waals surface area contributed by atoms with Crippen LogP contribution in [0.1, 0.15) is 47.5 Å². The third-order valence-electron chi connectivity index (χ3n) is 3.41. The SMILES string of the molecule is CC(C)CNC1CC(C)CN(C(=O)CC(C)C)C1. The van der Waals surface area contributed by atoms with Crippen LogP contribution in [0.15, 0.2) is 0 Å². The number of rotatable bonds is 5. The molecule has 2 atom stereocenters. The summed E-state index contributed by atoms with van der Waals surface area (Å²) in [7, 11) is 0. The number of likely N-dealkylation sites (tertiary alicyclic amines) is 1. The van der Waals surface area contributed by atoms with Crippen LogP contribution in [0.2, 0.25) is 0 Å². The maximum Gasteiger partial charge on any atom is 0.222 e. The van der Waals surface area contributed by atoms with Crippen molar-refractivity contribution in [1.82, 2.24) is 10.2 Å². The fourth-order valence-corrected chi connectivity index (χ4v) is 2.58. The Kier molecular flexibility index (Phi) is 6.13. The lowest BCUT2D eigenvalue weighted by atomic mass is 9.94. The number of piperidine rings is 1. The number of nitrogens with one attached hydrogen (secondary N) is 1. The van der Waals surface area contributed by atoms with Crippen molar-refractivity contribution in [2.24, 2.45) is 17.8 Å². The number of nitrogens with zero attached hydrogens (tertiary/aromatic N) is 1. The van der Waals surface area contributed by atoms with Gasteiger partial charge in [-0.05, 0) is 30.7 Å². The smallest absolute Gasteiger partial charge is 0.222 e. The number of hydrogen-bond donors (Lipinski definition) is 1. The summed E-state index contributed by atoms with van der Waals surface area (Å²) < 4.78 is 0. The minimum Gasteiger partial charge on any atom is -0.341 e. The van der Waals surface area contributed by atoms with Crippen molar-refractivity contribution in [2.45, 2.75) is 53.5 Å². The molecule has 1 amide bonds. The normalized spacial score (nSPS) is 24.9. The molecule has 18 heavy (non-hydrogen) atoms. The fourth-order valence-electron chi connectivity index (χ4n) is 2.58. The third-order valence-corrected chi connectivity index (χ3v) is 3.41. The topological polar surface area (TPSA) is 32.3 Å². The molecule has 1 saturated heterocycles. The van der Waals surface area contributed by atoms with Crippen molar-refractivity contribution >= 4 is 5.91 Å². The predicted octanol–water partition coefficient (Wildman–Crippen LogP) is 2.52. The molecule has 1 heterocycles. The van der Waals surface area contributed by atoms with Crippen LogP contribution in [-0.4, -0.2) is 36.5 Å². The molecule has 0 aromatic rings. The summed E-state index contributed by atoms with van der Waals surface area (Å²) in [6.45, 7) is 13.8. The van der Waals surface area contributed by atoms with Gasteiger partial charge in [-0.3, -0.25) is 4.79 Å². The van der Waals surface area contributed by atoms with E-state index in [4.69, 9.17) is 0 Å². The van der Waals surface area contributed by atoms with Crippen molar-refractivity contribution in [3.05, 3.63) is 0 Å². The Balaban J connectivity index is 2.47. The second kappa shape index (κ2) is 7.13. The first-order chi connectivity index (χ1) is 8.38. The average molecular weight is 254 g/mol. The molecule has 0 aromatic carbocycles. The maximum atomic E-state index is 12.1. The summed E-state index contributed by atoms with van der Waals surface area (Å²) in [5.41, 5.74) is 0. The van der Waals surface area contributed by atoms with Crippen molar-refractivity contribution in [3.8, 4) is 0 Å². The minimum absolute atomic E-state index is 0.327. The van der Waals surface area contributed by atoms with Gasteiger partial charge >= 0.3 is 0 Å². The molecule has 3 nitrogen and oxygen atoms in total. The van der Waals surface area contributed by atoms with Gasteiger partial charge in [-0.15, -0.1) is 0 Å². The Morgan fingerprint density at radius 2 is 1.89 bits per heavy atom. The zero-order valence-corrected chi connectivity index (χ0v) is 12.7. The van der Waals surface area contributed by atoms with Crippen LogP contribution in [-0.2, 0) is 4.79 Å². The van der Waals surface area contributed by atoms with Crippen molar-refractivity contribution < 1.29 is 4.79 Å². The Morgan fingerprint density at radius 1 is 1.22 bits per heavy atom. The van der Waals surface area contributed by atoms with Crippen molar-refractivity contribution in [3.63, 3.8) is 0 Å². The van der Waals surface area contributed by atoms with Gasteiger partial charge in [0.05, 0.1) is 0 Å². The van der Waals surface area contributed by atoms with Gasteiger partial charge in [0.15, 0.2) is 0 Å². The van der Waals surface area contributed by atoms with Crippen molar-refractivity contribution in [1.29, 1.82) is 0 Å². The molecule has 0 radical (unpaired) electrons. The second-order valence-electron chi connectivity index (χ2n) is 6.74. The van der Waals surface area contributed by atoms with Gasteiger partial charge in [-0.2, -0.15) is 0 Å². The largest absolute Gasteiger partial charge is 0.341 e. The highest BCUT2D eigenvalue weighted by molar-refractivity contribution is 5.76. The van der Waals surface area contributed by atoms with E-state index >= 15 is 0 Å². The Labute approximate surface area is 112 Å². The quantitative estimate of drug-likeness (QED) is 0.817. The van der Waals surface area contributed by atoms with E-state index in [1.54, 1.807) is 0 Å². The van der Waals surface area contributed by atoms with Gasteiger partial charge in [0, 0.05) is 25.6 Å². The van der Waals surface area contributed by atoms with Crippen LogP contribution in [0.5, 0.6) is 0 Å². The van der Waals surface area contributed by atoms with E-state index in [-0.39, 0.29) is 0 Å². The molecule has 106 valence electrons. The molecule has 2 unspecified atom stereocenters. The molecule has 1 aliphatic rings. The maximum absolute atomic E-state index is 12.1. The van der Waals surface area contributed by atoms with Crippen LogP contribution in [0.25, 0.3) is 0 Å². The highest BCUT2D eigenvalue weighted by atomic mass is 16.2. The molecule has 0 spiro atoms. The molecule has 1 fully saturated rings. The molecule has 0 aliphatic carbocycles. The first-order valence-electron chi connectivity index (χ1n) is 7.39. The standard InChI is InChI=1S/C15H30N2O/c1-11(2)6-15(18)17-9-13(5)7-14(10-17)16-8-12(3)4/h11-14,16H,6-10H2,1-5H3. The summed E-state index contributed by atoms with van der Waals surface area (Å²) in [6.07, 6.45) is 1.88. The van der Waals surface area contributed by atoms with E-state index in [1.165, 1.54) is 6.42 Å². The second-order valence-corrected chi connectivity index (χ2v) is 6.74. The van der Waals surface area contributed by atoms with Gasteiger partial charge in [-0.1, -0.05) is 34.6 Å². The molecule has 1 N–H and O–H groups in total. The Hall–Kier alpha value is -0.570. The minimum atomic E-state index is 0.327. The molecule has 0 aromatic heterocycles. The van der Waals surface area contributed by atoms with E-state index in [9.17, 15) is 4.79 Å². The van der Waals surface area contributed by atoms with Crippen LogP contribution in [0, 0.1) is 17.8 Å². The lowest BCUT2D eigenvalue weighted by molar-refractivity contribution is -0.134. The summed E-state index contributed by atoms with van der Waals surface area (Å²) in [5, 5.41) is 3.60. The molecule has 0 saturated carbocycles. The van der Waals surface area contributed by atoms with E-state index in [1.807, 2.05) is 0 Å². The Morgan fingerprint density at radius 3 is 2.44 bits per heavy atom. The van der Waals surface area contributed by atoms with E-state index in [2.05, 4.69) is 44.8 Å². The van der Waals surface area contributed by atoms with Crippen LogP contribution in [0.3, 0.4) is 0 Å². The third kappa shape index (κ3) is 5.38. The number of amides is 1. The van der Waals surface area contributed by atoms with E-state index in [0.717, 1.165) is 19.6 Å². The molecule has 3 heteroatoms. The van der Waals surface area contributed by atoms with Crippen LogP contribution < -0.4 is 5.32 Å². The Bertz CT molecular complexity index is 263. The first-order valence-corrected chi connectivity index (χ1v) is 7.39. The number of carbonyl (C=O) groups excluding carboxylic acids is 1. The first kappa shape index (κ1) is 15.5. The molecule has 1 aliphatic heterocycles. The predicted molar refractivity (Wildman–Crippen MR) is 76.4 cm³/mol. The number of carbonyl (C=O) groups is 1. The molecule has 0 bridgehead atoms. The number of hydrogen-bond acceptors (Lipinski definition) is 2. The lowest BCUT2D eigenvalue weighted by Crippen LogP contribution is -2.51. The van der Waals surface area contributed by atoms with Gasteiger partial charge in [0.1, 0.15) is 0 Å². The summed E-state index contributed by atoms with van der Waals surface area (Å²) >= 11 is 0. The van der Waals surface area contributed by atoms with Crippen LogP contribution in [0.4, 0.5) is 0 Å². The zero-order valence-electron chi connectivity index (χ0n) is 12.7. The highest BCUT2D eigenvalue weighted by Gasteiger charge is 2.27. The average Bonchev–Trinajstić information content (AvgIpc) is 2.24. The summed E-state index contributed by atoms with van der Waals surface area (Å²) in [6, 6.07) is 0.479. The highest BCUT2D eigenvalue weighted by Crippen LogP contribution is 2.18. The molecular weight excluding hydrogens is 224 g/mol.